The van der Waals surface area contributed by atoms with E-state index in [0.717, 1.165) is 5.56 Å². The van der Waals surface area contributed by atoms with Crippen LogP contribution >= 0.6 is 0 Å². The number of aliphatic hydroxyl groups is 1. The number of nitrogens with one attached hydrogen (secondary N) is 1. The average Bonchev–Trinajstić information content (AvgIpc) is 2.88. The average molecular weight is 332 g/mol. The standard InChI is InChI=1S/C19H28N2O3/c1-14-4-6-15(7-5-14)11-21-12-16(10-17(21)23)18(24)20-13-19(2,3)8-9-22/h4-7,16,22H,8-13H2,1-3H3,(H,20,24). The second-order valence-corrected chi connectivity index (χ2v) is 7.52. The Hall–Kier alpha value is -1.88. The van der Waals surface area contributed by atoms with Crippen molar-refractivity contribution in [2.45, 2.75) is 40.2 Å². The number of hydrogen-bond donors (Lipinski definition) is 2. The molecular formula is C19H28N2O3. The lowest BCUT2D eigenvalue weighted by Crippen LogP contribution is -2.39. The first kappa shape index (κ1) is 18.5. The van der Waals surface area contributed by atoms with Crippen LogP contribution in [0.25, 0.3) is 0 Å². The van der Waals surface area contributed by atoms with Crippen LogP contribution in [0, 0.1) is 18.3 Å². The highest BCUT2D eigenvalue weighted by Crippen LogP contribution is 2.22. The van der Waals surface area contributed by atoms with E-state index in [1.165, 1.54) is 5.56 Å². The Morgan fingerprint density at radius 2 is 2.00 bits per heavy atom. The van der Waals surface area contributed by atoms with Crippen molar-refractivity contribution in [1.82, 2.24) is 10.2 Å². The van der Waals surface area contributed by atoms with Crippen LogP contribution in [0.5, 0.6) is 0 Å². The third kappa shape index (κ3) is 5.06. The van der Waals surface area contributed by atoms with Gasteiger partial charge < -0.3 is 15.3 Å². The number of likely N-dealkylation sites (tertiary alicyclic amines) is 1. The van der Waals surface area contributed by atoms with E-state index < -0.39 is 0 Å². The first-order chi connectivity index (χ1) is 11.3. The van der Waals surface area contributed by atoms with Crippen LogP contribution in [0.2, 0.25) is 0 Å². The van der Waals surface area contributed by atoms with Gasteiger partial charge in [0.25, 0.3) is 0 Å². The fourth-order valence-corrected chi connectivity index (χ4v) is 2.88. The molecule has 2 N–H and O–H groups in total. The summed E-state index contributed by atoms with van der Waals surface area (Å²) in [7, 11) is 0. The van der Waals surface area contributed by atoms with E-state index in [1.807, 2.05) is 45.0 Å². The number of benzene rings is 1. The van der Waals surface area contributed by atoms with Gasteiger partial charge in [-0.3, -0.25) is 9.59 Å². The van der Waals surface area contributed by atoms with Crippen molar-refractivity contribution < 1.29 is 14.7 Å². The maximum Gasteiger partial charge on any atom is 0.225 e. The molecule has 132 valence electrons. The lowest BCUT2D eigenvalue weighted by atomic mass is 9.89. The van der Waals surface area contributed by atoms with Gasteiger partial charge in [-0.2, -0.15) is 0 Å². The Morgan fingerprint density at radius 3 is 2.62 bits per heavy atom. The van der Waals surface area contributed by atoms with Crippen LogP contribution in [0.3, 0.4) is 0 Å². The molecule has 2 rings (SSSR count). The summed E-state index contributed by atoms with van der Waals surface area (Å²) in [4.78, 5) is 26.3. The number of amides is 2. The highest BCUT2D eigenvalue weighted by atomic mass is 16.3. The van der Waals surface area contributed by atoms with E-state index in [4.69, 9.17) is 5.11 Å². The van der Waals surface area contributed by atoms with Crippen molar-refractivity contribution in [1.29, 1.82) is 0 Å². The fourth-order valence-electron chi connectivity index (χ4n) is 2.88. The predicted octanol–water partition coefficient (Wildman–Crippen LogP) is 1.87. The number of carbonyl (C=O) groups excluding carboxylic acids is 2. The molecule has 1 aromatic rings. The van der Waals surface area contributed by atoms with Gasteiger partial charge in [-0.15, -0.1) is 0 Å². The number of rotatable bonds is 7. The maximum atomic E-state index is 12.3. The second kappa shape index (κ2) is 7.79. The van der Waals surface area contributed by atoms with Crippen LogP contribution in [0.1, 0.15) is 37.8 Å². The minimum atomic E-state index is -0.284. The topological polar surface area (TPSA) is 69.6 Å². The van der Waals surface area contributed by atoms with Gasteiger partial charge in [0.15, 0.2) is 0 Å². The number of aliphatic hydroxyl groups excluding tert-OH is 1. The SMILES string of the molecule is Cc1ccc(CN2CC(C(=O)NCC(C)(C)CCO)CC2=O)cc1. The monoisotopic (exact) mass is 332 g/mol. The molecule has 24 heavy (non-hydrogen) atoms. The zero-order chi connectivity index (χ0) is 17.7. The molecule has 1 aliphatic heterocycles. The fraction of sp³-hybridized carbons (Fsp3) is 0.579. The first-order valence-corrected chi connectivity index (χ1v) is 8.52. The molecule has 1 unspecified atom stereocenters. The predicted molar refractivity (Wildman–Crippen MR) is 93.2 cm³/mol. The molecule has 2 amide bonds. The van der Waals surface area contributed by atoms with Crippen LogP contribution in [0.4, 0.5) is 0 Å². The van der Waals surface area contributed by atoms with Crippen molar-refractivity contribution in [3.63, 3.8) is 0 Å². The van der Waals surface area contributed by atoms with E-state index in [2.05, 4.69) is 5.32 Å². The van der Waals surface area contributed by atoms with Gasteiger partial charge in [-0.05, 0) is 24.3 Å². The third-order valence-electron chi connectivity index (χ3n) is 4.61. The summed E-state index contributed by atoms with van der Waals surface area (Å²) in [5, 5.41) is 12.0. The molecule has 0 aromatic heterocycles. The molecule has 1 saturated heterocycles. The van der Waals surface area contributed by atoms with Gasteiger partial charge in [0.1, 0.15) is 0 Å². The number of carbonyl (C=O) groups is 2. The molecule has 1 atom stereocenters. The van der Waals surface area contributed by atoms with Gasteiger partial charge in [0.05, 0.1) is 5.92 Å². The van der Waals surface area contributed by atoms with Crippen molar-refractivity contribution in [2.24, 2.45) is 11.3 Å². The van der Waals surface area contributed by atoms with Gasteiger partial charge >= 0.3 is 0 Å². The van der Waals surface area contributed by atoms with E-state index in [-0.39, 0.29) is 36.2 Å². The summed E-state index contributed by atoms with van der Waals surface area (Å²) in [6, 6.07) is 8.10. The second-order valence-electron chi connectivity index (χ2n) is 7.52. The molecule has 0 spiro atoms. The van der Waals surface area contributed by atoms with Crippen LogP contribution in [-0.4, -0.2) is 41.5 Å². The molecule has 0 saturated carbocycles. The van der Waals surface area contributed by atoms with E-state index in [0.29, 0.717) is 26.1 Å². The molecule has 0 radical (unpaired) electrons. The minimum Gasteiger partial charge on any atom is -0.396 e. The van der Waals surface area contributed by atoms with Crippen LogP contribution in [0.15, 0.2) is 24.3 Å². The van der Waals surface area contributed by atoms with Crippen molar-refractivity contribution >= 4 is 11.8 Å². The zero-order valence-corrected chi connectivity index (χ0v) is 14.8. The van der Waals surface area contributed by atoms with Gasteiger partial charge in [-0.1, -0.05) is 43.7 Å². The third-order valence-corrected chi connectivity index (χ3v) is 4.61. The van der Waals surface area contributed by atoms with Crippen molar-refractivity contribution in [2.75, 3.05) is 19.7 Å². The van der Waals surface area contributed by atoms with E-state index >= 15 is 0 Å². The van der Waals surface area contributed by atoms with Gasteiger partial charge in [0.2, 0.25) is 11.8 Å². The molecule has 1 aromatic carbocycles. The Bertz CT molecular complexity index is 581. The Balaban J connectivity index is 1.87. The lowest BCUT2D eigenvalue weighted by molar-refractivity contribution is -0.129. The molecule has 0 bridgehead atoms. The number of aryl methyl sites for hydroxylation is 1. The largest absolute Gasteiger partial charge is 0.396 e. The highest BCUT2D eigenvalue weighted by molar-refractivity contribution is 5.89. The van der Waals surface area contributed by atoms with E-state index in [9.17, 15) is 9.59 Å². The molecule has 1 heterocycles. The molecule has 5 heteroatoms. The zero-order valence-electron chi connectivity index (χ0n) is 14.8. The normalized spacial score (nSPS) is 18.1. The number of hydrogen-bond acceptors (Lipinski definition) is 3. The minimum absolute atomic E-state index is 0.0327. The number of nitrogens with zero attached hydrogens (tertiary/aromatic N) is 1. The van der Waals surface area contributed by atoms with Crippen molar-refractivity contribution in [3.8, 4) is 0 Å². The summed E-state index contributed by atoms with van der Waals surface area (Å²) in [6.07, 6.45) is 0.911. The molecule has 1 fully saturated rings. The van der Waals surface area contributed by atoms with Gasteiger partial charge in [-0.25, -0.2) is 0 Å². The molecule has 5 nitrogen and oxygen atoms in total. The van der Waals surface area contributed by atoms with E-state index in [1.54, 1.807) is 4.90 Å². The Morgan fingerprint density at radius 1 is 1.33 bits per heavy atom. The summed E-state index contributed by atoms with van der Waals surface area (Å²) >= 11 is 0. The van der Waals surface area contributed by atoms with Crippen LogP contribution < -0.4 is 5.32 Å². The Kier molecular flexibility index (Phi) is 5.99. The highest BCUT2D eigenvalue weighted by Gasteiger charge is 2.34. The lowest BCUT2D eigenvalue weighted by Gasteiger charge is -2.24. The smallest absolute Gasteiger partial charge is 0.225 e. The molecule has 0 aliphatic carbocycles. The molecular weight excluding hydrogens is 304 g/mol. The molecule has 1 aliphatic rings. The quantitative estimate of drug-likeness (QED) is 0.801. The summed E-state index contributed by atoms with van der Waals surface area (Å²) in [5.74, 6) is -0.320. The Labute approximate surface area is 144 Å². The summed E-state index contributed by atoms with van der Waals surface area (Å²) in [6.45, 7) is 7.69. The maximum absolute atomic E-state index is 12.3. The summed E-state index contributed by atoms with van der Waals surface area (Å²) in [5.41, 5.74) is 2.13. The van der Waals surface area contributed by atoms with Crippen LogP contribution in [-0.2, 0) is 16.1 Å². The van der Waals surface area contributed by atoms with Gasteiger partial charge in [0, 0.05) is 32.7 Å². The summed E-state index contributed by atoms with van der Waals surface area (Å²) < 4.78 is 0. The first-order valence-electron chi connectivity index (χ1n) is 8.52. The van der Waals surface area contributed by atoms with Crippen molar-refractivity contribution in [3.05, 3.63) is 35.4 Å².